The van der Waals surface area contributed by atoms with Crippen LogP contribution in [0.3, 0.4) is 0 Å². The molecule has 0 saturated carbocycles. The van der Waals surface area contributed by atoms with Gasteiger partial charge in [-0.15, -0.1) is 11.3 Å². The van der Waals surface area contributed by atoms with Crippen LogP contribution >= 0.6 is 22.9 Å². The van der Waals surface area contributed by atoms with Crippen molar-refractivity contribution in [2.24, 2.45) is 0 Å². The van der Waals surface area contributed by atoms with E-state index < -0.39 is 23.8 Å². The molecule has 0 aromatic carbocycles. The van der Waals surface area contributed by atoms with E-state index in [1.165, 1.54) is 29.7 Å². The Hall–Kier alpha value is -3.09. The molecule has 0 spiro atoms. The van der Waals surface area contributed by atoms with Gasteiger partial charge in [-0.3, -0.25) is 19.2 Å². The summed E-state index contributed by atoms with van der Waals surface area (Å²) in [6.45, 7) is 2.52. The molecule has 2 aliphatic rings. The van der Waals surface area contributed by atoms with Crippen molar-refractivity contribution in [3.05, 3.63) is 38.9 Å². The molecule has 0 bridgehead atoms. The first kappa shape index (κ1) is 26.0. The largest absolute Gasteiger partial charge is 0.345 e. The second kappa shape index (κ2) is 11.8. The third-order valence-electron chi connectivity index (χ3n) is 6.03. The molecule has 36 heavy (non-hydrogen) atoms. The predicted molar refractivity (Wildman–Crippen MR) is 135 cm³/mol. The molecule has 11 nitrogen and oxygen atoms in total. The fraction of sp³-hybridized carbons (Fsp3) is 0.478. The van der Waals surface area contributed by atoms with Crippen molar-refractivity contribution < 1.29 is 19.2 Å². The Morgan fingerprint density at radius 1 is 1.11 bits per heavy atom. The fourth-order valence-corrected chi connectivity index (χ4v) is 5.28. The van der Waals surface area contributed by atoms with Crippen LogP contribution in [0.2, 0.25) is 5.02 Å². The van der Waals surface area contributed by atoms with E-state index in [0.717, 1.165) is 49.3 Å². The number of likely N-dealkylation sites (tertiary alicyclic amines) is 1. The summed E-state index contributed by atoms with van der Waals surface area (Å²) in [5.74, 6) is -2.52. The van der Waals surface area contributed by atoms with Crippen LogP contribution in [0, 0.1) is 0 Å². The van der Waals surface area contributed by atoms with Gasteiger partial charge in [0.15, 0.2) is 5.01 Å². The first-order valence-corrected chi connectivity index (χ1v) is 13.0. The number of nitrogens with one attached hydrogen (secondary N) is 3. The summed E-state index contributed by atoms with van der Waals surface area (Å²) < 4.78 is 0. The maximum atomic E-state index is 13.2. The number of anilines is 1. The Labute approximate surface area is 217 Å². The SMILES string of the molecule is CN1CCc2nc(C(=O)NC(CNC(=O)C(=O)Nc3ccc(Cl)cn3)C(=O)N3CCCCC3)sc2C1. The fourth-order valence-electron chi connectivity index (χ4n) is 4.07. The van der Waals surface area contributed by atoms with Crippen LogP contribution in [0.1, 0.15) is 39.6 Å². The number of aromatic nitrogens is 2. The second-order valence-electron chi connectivity index (χ2n) is 8.81. The number of nitrogens with zero attached hydrogens (tertiary/aromatic N) is 4. The Bertz CT molecular complexity index is 1130. The van der Waals surface area contributed by atoms with Gasteiger partial charge in [0, 0.05) is 50.2 Å². The minimum Gasteiger partial charge on any atom is -0.345 e. The molecule has 192 valence electrons. The third-order valence-corrected chi connectivity index (χ3v) is 7.33. The minimum atomic E-state index is -1.04. The van der Waals surface area contributed by atoms with Gasteiger partial charge in [-0.25, -0.2) is 9.97 Å². The van der Waals surface area contributed by atoms with E-state index in [1.807, 2.05) is 7.05 Å². The first-order chi connectivity index (χ1) is 17.3. The Balaban J connectivity index is 1.41. The van der Waals surface area contributed by atoms with Gasteiger partial charge in [-0.2, -0.15) is 0 Å². The molecule has 1 fully saturated rings. The van der Waals surface area contributed by atoms with E-state index in [2.05, 4.69) is 30.8 Å². The number of carbonyl (C=O) groups excluding carboxylic acids is 4. The maximum Gasteiger partial charge on any atom is 0.314 e. The topological polar surface area (TPSA) is 137 Å². The normalized spacial score (nSPS) is 16.6. The highest BCUT2D eigenvalue weighted by Crippen LogP contribution is 2.24. The molecule has 4 amide bonds. The molecule has 2 aromatic heterocycles. The Kier molecular flexibility index (Phi) is 8.49. The van der Waals surface area contributed by atoms with E-state index in [1.54, 1.807) is 4.90 Å². The van der Waals surface area contributed by atoms with E-state index >= 15 is 0 Å². The smallest absolute Gasteiger partial charge is 0.314 e. The number of hydrogen-bond acceptors (Lipinski definition) is 8. The van der Waals surface area contributed by atoms with E-state index in [0.29, 0.717) is 18.1 Å². The number of hydrogen-bond donors (Lipinski definition) is 3. The van der Waals surface area contributed by atoms with Gasteiger partial charge < -0.3 is 25.8 Å². The van der Waals surface area contributed by atoms with Gasteiger partial charge in [0.25, 0.3) is 5.91 Å². The highest BCUT2D eigenvalue weighted by Gasteiger charge is 2.30. The van der Waals surface area contributed by atoms with Crippen LogP contribution in [0.5, 0.6) is 0 Å². The summed E-state index contributed by atoms with van der Waals surface area (Å²) in [5.41, 5.74) is 0.905. The number of halogens is 1. The van der Waals surface area contributed by atoms with Crippen molar-refractivity contribution in [2.45, 2.75) is 38.3 Å². The van der Waals surface area contributed by atoms with Crippen molar-refractivity contribution in [2.75, 3.05) is 38.5 Å². The summed E-state index contributed by atoms with van der Waals surface area (Å²) in [5, 5.41) is 8.23. The third kappa shape index (κ3) is 6.56. The van der Waals surface area contributed by atoms with Crippen LogP contribution in [0.4, 0.5) is 5.82 Å². The molecule has 1 saturated heterocycles. The van der Waals surface area contributed by atoms with Crippen LogP contribution in [0.25, 0.3) is 0 Å². The Morgan fingerprint density at radius 2 is 1.89 bits per heavy atom. The van der Waals surface area contributed by atoms with Gasteiger partial charge >= 0.3 is 11.8 Å². The molecular formula is C23H28ClN7O4S. The first-order valence-electron chi connectivity index (χ1n) is 11.8. The van der Waals surface area contributed by atoms with Gasteiger partial charge in [0.2, 0.25) is 5.91 Å². The molecule has 0 aliphatic carbocycles. The summed E-state index contributed by atoms with van der Waals surface area (Å²) in [4.78, 5) is 64.2. The monoisotopic (exact) mass is 533 g/mol. The number of fused-ring (bicyclic) bond motifs is 1. The molecule has 0 radical (unpaired) electrons. The van der Waals surface area contributed by atoms with Gasteiger partial charge in [-0.1, -0.05) is 11.6 Å². The molecule has 4 rings (SSSR count). The van der Waals surface area contributed by atoms with Crippen molar-refractivity contribution in [1.29, 1.82) is 0 Å². The highest BCUT2D eigenvalue weighted by molar-refractivity contribution is 7.13. The van der Waals surface area contributed by atoms with Crippen LogP contribution < -0.4 is 16.0 Å². The minimum absolute atomic E-state index is 0.159. The predicted octanol–water partition coefficient (Wildman–Crippen LogP) is 1.05. The van der Waals surface area contributed by atoms with Crippen LogP contribution in [0.15, 0.2) is 18.3 Å². The van der Waals surface area contributed by atoms with Crippen molar-refractivity contribution in [1.82, 2.24) is 30.4 Å². The molecule has 2 aromatic rings. The van der Waals surface area contributed by atoms with E-state index in [-0.39, 0.29) is 23.3 Å². The van der Waals surface area contributed by atoms with Gasteiger partial charge in [0.05, 0.1) is 10.7 Å². The van der Waals surface area contributed by atoms with Crippen molar-refractivity contribution >= 4 is 52.4 Å². The summed E-state index contributed by atoms with van der Waals surface area (Å²) in [7, 11) is 2.01. The molecule has 2 aliphatic heterocycles. The molecule has 3 N–H and O–H groups in total. The Morgan fingerprint density at radius 3 is 2.61 bits per heavy atom. The number of amides is 4. The summed E-state index contributed by atoms with van der Waals surface area (Å²) in [6.07, 6.45) is 4.89. The number of piperidine rings is 1. The molecule has 13 heteroatoms. The molecule has 1 atom stereocenters. The van der Waals surface area contributed by atoms with Crippen molar-refractivity contribution in [3.8, 4) is 0 Å². The summed E-state index contributed by atoms with van der Waals surface area (Å²) >= 11 is 7.09. The number of carbonyl (C=O) groups is 4. The second-order valence-corrected chi connectivity index (χ2v) is 10.3. The zero-order valence-corrected chi connectivity index (χ0v) is 21.5. The average Bonchev–Trinajstić information content (AvgIpc) is 3.31. The van der Waals surface area contributed by atoms with Gasteiger partial charge in [0.1, 0.15) is 11.9 Å². The lowest BCUT2D eigenvalue weighted by Crippen LogP contribution is -2.55. The maximum absolute atomic E-state index is 13.2. The molecule has 1 unspecified atom stereocenters. The molecule has 4 heterocycles. The van der Waals surface area contributed by atoms with Crippen molar-refractivity contribution in [3.63, 3.8) is 0 Å². The number of likely N-dealkylation sites (N-methyl/N-ethyl adjacent to an activating group) is 1. The van der Waals surface area contributed by atoms with Crippen LogP contribution in [-0.2, 0) is 27.3 Å². The lowest BCUT2D eigenvalue weighted by atomic mass is 10.1. The van der Waals surface area contributed by atoms with Gasteiger partial charge in [-0.05, 0) is 38.4 Å². The van der Waals surface area contributed by atoms with Crippen LogP contribution in [-0.4, -0.2) is 82.7 Å². The highest BCUT2D eigenvalue weighted by atomic mass is 35.5. The quantitative estimate of drug-likeness (QED) is 0.472. The average molecular weight is 534 g/mol. The zero-order valence-electron chi connectivity index (χ0n) is 19.9. The van der Waals surface area contributed by atoms with E-state index in [4.69, 9.17) is 11.6 Å². The summed E-state index contributed by atoms with van der Waals surface area (Å²) in [6, 6.07) is 1.95. The van der Waals surface area contributed by atoms with E-state index in [9.17, 15) is 19.2 Å². The number of pyridine rings is 1. The lowest BCUT2D eigenvalue weighted by molar-refractivity contribution is -0.137. The standard InChI is InChI=1S/C23H28ClN7O4S/c1-30-10-7-15-17(13-30)36-22(28-15)21(34)27-16(23(35)31-8-3-2-4-9-31)12-26-19(32)20(33)29-18-6-5-14(24)11-25-18/h5-6,11,16H,2-4,7-10,12-13H2,1H3,(H,26,32)(H,27,34)(H,25,29,33). The number of rotatable bonds is 6. The lowest BCUT2D eigenvalue weighted by Gasteiger charge is -2.30. The zero-order chi connectivity index (χ0) is 25.7. The number of thiazole rings is 1. The molecular weight excluding hydrogens is 506 g/mol.